The zero-order chi connectivity index (χ0) is 20.9. The molecule has 1 N–H and O–H groups in total. The van der Waals surface area contributed by atoms with Crippen LogP contribution < -0.4 is 10.1 Å². The van der Waals surface area contributed by atoms with Gasteiger partial charge in [0.2, 0.25) is 0 Å². The van der Waals surface area contributed by atoms with Crippen LogP contribution in [0.3, 0.4) is 0 Å². The fourth-order valence-electron chi connectivity index (χ4n) is 3.07. The molecule has 2 aromatic heterocycles. The summed E-state index contributed by atoms with van der Waals surface area (Å²) < 4.78 is 7.68. The van der Waals surface area contributed by atoms with E-state index in [1.54, 1.807) is 18.7 Å². The Morgan fingerprint density at radius 1 is 1.17 bits per heavy atom. The van der Waals surface area contributed by atoms with Crippen molar-refractivity contribution in [2.45, 2.75) is 20.4 Å². The van der Waals surface area contributed by atoms with Gasteiger partial charge in [0.15, 0.2) is 0 Å². The Bertz CT molecular complexity index is 1130. The Hall–Kier alpha value is -3.45. The van der Waals surface area contributed by atoms with E-state index >= 15 is 0 Å². The van der Waals surface area contributed by atoms with Crippen LogP contribution in [0.15, 0.2) is 67.4 Å². The van der Waals surface area contributed by atoms with Gasteiger partial charge >= 0.3 is 0 Å². The molecule has 152 valence electrons. The van der Waals surface area contributed by atoms with Gasteiger partial charge < -0.3 is 14.6 Å². The number of benzene rings is 2. The van der Waals surface area contributed by atoms with Gasteiger partial charge in [-0.3, -0.25) is 4.79 Å². The van der Waals surface area contributed by atoms with E-state index in [0.29, 0.717) is 17.2 Å². The zero-order valence-electron chi connectivity index (χ0n) is 16.8. The van der Waals surface area contributed by atoms with Crippen LogP contribution in [-0.2, 0) is 6.54 Å². The first-order chi connectivity index (χ1) is 14.6. The topological polar surface area (TPSA) is 69.0 Å². The zero-order valence-corrected chi connectivity index (χ0v) is 17.6. The van der Waals surface area contributed by atoms with Gasteiger partial charge in [-0.25, -0.2) is 9.97 Å². The Labute approximate surface area is 179 Å². The maximum absolute atomic E-state index is 12.6. The first-order valence-corrected chi connectivity index (χ1v) is 10.4. The Balaban J connectivity index is 1.35. The highest BCUT2D eigenvalue weighted by molar-refractivity contribution is 7.17. The highest BCUT2D eigenvalue weighted by atomic mass is 32.1. The van der Waals surface area contributed by atoms with Crippen LogP contribution in [0.5, 0.6) is 5.75 Å². The van der Waals surface area contributed by atoms with E-state index in [1.807, 2.05) is 35.0 Å². The lowest BCUT2D eigenvalue weighted by Crippen LogP contribution is -2.10. The quantitative estimate of drug-likeness (QED) is 0.461. The number of hydrogen-bond acceptors (Lipinski definition) is 5. The first-order valence-electron chi connectivity index (χ1n) is 9.62. The molecule has 4 aromatic rings. The molecule has 0 fully saturated rings. The van der Waals surface area contributed by atoms with E-state index < -0.39 is 0 Å². The van der Waals surface area contributed by atoms with Gasteiger partial charge in [0.1, 0.15) is 22.2 Å². The van der Waals surface area contributed by atoms with E-state index in [2.05, 4.69) is 47.3 Å². The Kier molecular flexibility index (Phi) is 5.90. The molecular weight excluding hydrogens is 396 g/mol. The molecule has 2 heterocycles. The third kappa shape index (κ3) is 4.75. The van der Waals surface area contributed by atoms with E-state index in [1.165, 1.54) is 16.9 Å². The smallest absolute Gasteiger partial charge is 0.267 e. The van der Waals surface area contributed by atoms with Crippen molar-refractivity contribution in [2.75, 3.05) is 11.9 Å². The van der Waals surface area contributed by atoms with Gasteiger partial charge in [-0.2, -0.15) is 0 Å². The normalized spacial score (nSPS) is 10.7. The van der Waals surface area contributed by atoms with Crippen molar-refractivity contribution in [3.8, 4) is 16.3 Å². The van der Waals surface area contributed by atoms with Gasteiger partial charge in [-0.15, -0.1) is 11.3 Å². The first kappa shape index (κ1) is 19.8. The minimum absolute atomic E-state index is 0.169. The van der Waals surface area contributed by atoms with Crippen molar-refractivity contribution in [3.05, 3.63) is 83.4 Å². The summed E-state index contributed by atoms with van der Waals surface area (Å²) >= 11 is 1.39. The molecule has 30 heavy (non-hydrogen) atoms. The second-order valence-corrected chi connectivity index (χ2v) is 8.01. The number of carbonyl (C=O) groups is 1. The van der Waals surface area contributed by atoms with Gasteiger partial charge in [0, 0.05) is 23.6 Å². The number of aromatic nitrogens is 3. The number of carbonyl (C=O) groups excluding carboxylic acids is 1. The third-order valence-electron chi connectivity index (χ3n) is 4.63. The average Bonchev–Trinajstić information content (AvgIpc) is 3.41. The van der Waals surface area contributed by atoms with E-state index in [9.17, 15) is 4.79 Å². The second kappa shape index (κ2) is 8.92. The lowest BCUT2D eigenvalue weighted by atomic mass is 10.1. The van der Waals surface area contributed by atoms with Crippen LogP contribution in [0.2, 0.25) is 0 Å². The molecule has 0 aliphatic rings. The van der Waals surface area contributed by atoms with Crippen molar-refractivity contribution in [1.82, 2.24) is 14.5 Å². The van der Waals surface area contributed by atoms with Crippen molar-refractivity contribution < 1.29 is 9.53 Å². The Morgan fingerprint density at radius 2 is 2.00 bits per heavy atom. The number of hydrogen-bond donors (Lipinski definition) is 1. The highest BCUT2D eigenvalue weighted by Gasteiger charge is 2.13. The van der Waals surface area contributed by atoms with E-state index in [4.69, 9.17) is 4.74 Å². The summed E-state index contributed by atoms with van der Waals surface area (Å²) in [6.07, 6.45) is 7.02. The number of amides is 1. The van der Waals surface area contributed by atoms with Crippen LogP contribution in [0.4, 0.5) is 5.69 Å². The molecule has 4 rings (SSSR count). The molecule has 1 amide bonds. The summed E-state index contributed by atoms with van der Waals surface area (Å²) in [6, 6.07) is 13.6. The molecule has 7 heteroatoms. The van der Waals surface area contributed by atoms with Gasteiger partial charge in [0.25, 0.3) is 5.91 Å². The third-order valence-corrected chi connectivity index (χ3v) is 5.66. The largest absolute Gasteiger partial charge is 0.492 e. The standard InChI is InChI=1S/C23H22N4O2S/c1-16-3-8-20(17(2)13-16)23-25-14-21(30-23)22(28)26-18-4-6-19(7-5-18)29-12-11-27-10-9-24-15-27/h3-10,13-15H,11-12H2,1-2H3,(H,26,28). The highest BCUT2D eigenvalue weighted by Crippen LogP contribution is 2.29. The molecule has 0 saturated heterocycles. The predicted molar refractivity (Wildman–Crippen MR) is 119 cm³/mol. The number of thiazole rings is 1. The lowest BCUT2D eigenvalue weighted by Gasteiger charge is -2.08. The molecular formula is C23H22N4O2S. The van der Waals surface area contributed by atoms with Crippen LogP contribution in [-0.4, -0.2) is 27.0 Å². The van der Waals surface area contributed by atoms with Gasteiger partial charge in [-0.1, -0.05) is 23.8 Å². The van der Waals surface area contributed by atoms with E-state index in [0.717, 1.165) is 28.4 Å². The number of imidazole rings is 1. The van der Waals surface area contributed by atoms with Crippen molar-refractivity contribution >= 4 is 22.9 Å². The maximum Gasteiger partial charge on any atom is 0.267 e. The molecule has 0 saturated carbocycles. The molecule has 0 radical (unpaired) electrons. The van der Waals surface area contributed by atoms with Crippen LogP contribution in [0.1, 0.15) is 20.8 Å². The maximum atomic E-state index is 12.6. The summed E-state index contributed by atoms with van der Waals surface area (Å²) in [7, 11) is 0. The number of rotatable bonds is 7. The summed E-state index contributed by atoms with van der Waals surface area (Å²) in [5.41, 5.74) is 4.13. The molecule has 6 nitrogen and oxygen atoms in total. The van der Waals surface area contributed by atoms with Crippen LogP contribution in [0, 0.1) is 13.8 Å². The number of nitrogens with zero attached hydrogens (tertiary/aromatic N) is 3. The fraction of sp³-hybridized carbons (Fsp3) is 0.174. The molecule has 2 aromatic carbocycles. The molecule has 0 aliphatic carbocycles. The molecule has 0 spiro atoms. The average molecular weight is 419 g/mol. The van der Waals surface area contributed by atoms with Gasteiger partial charge in [0.05, 0.1) is 19.1 Å². The minimum atomic E-state index is -0.169. The van der Waals surface area contributed by atoms with Gasteiger partial charge in [-0.05, 0) is 43.7 Å². The van der Waals surface area contributed by atoms with E-state index in [-0.39, 0.29) is 5.91 Å². The second-order valence-electron chi connectivity index (χ2n) is 6.98. The summed E-state index contributed by atoms with van der Waals surface area (Å²) in [5.74, 6) is 0.584. The summed E-state index contributed by atoms with van der Waals surface area (Å²) in [5, 5.41) is 3.76. The minimum Gasteiger partial charge on any atom is -0.492 e. The molecule has 0 bridgehead atoms. The molecule has 0 atom stereocenters. The van der Waals surface area contributed by atoms with Crippen molar-refractivity contribution in [3.63, 3.8) is 0 Å². The molecule has 0 aliphatic heterocycles. The molecule has 0 unspecified atom stereocenters. The SMILES string of the molecule is Cc1ccc(-c2ncc(C(=O)Nc3ccc(OCCn4ccnc4)cc3)s2)c(C)c1. The van der Waals surface area contributed by atoms with Crippen molar-refractivity contribution in [2.24, 2.45) is 0 Å². The number of ether oxygens (including phenoxy) is 1. The number of aryl methyl sites for hydroxylation is 2. The summed E-state index contributed by atoms with van der Waals surface area (Å²) in [4.78, 5) is 21.6. The van der Waals surface area contributed by atoms with Crippen LogP contribution >= 0.6 is 11.3 Å². The number of nitrogens with one attached hydrogen (secondary N) is 1. The lowest BCUT2D eigenvalue weighted by molar-refractivity contribution is 0.103. The fourth-order valence-corrected chi connectivity index (χ4v) is 3.97. The monoisotopic (exact) mass is 418 g/mol. The van der Waals surface area contributed by atoms with Crippen molar-refractivity contribution in [1.29, 1.82) is 0 Å². The number of anilines is 1. The Morgan fingerprint density at radius 3 is 2.73 bits per heavy atom. The summed E-state index contributed by atoms with van der Waals surface area (Å²) in [6.45, 7) is 5.40. The predicted octanol–water partition coefficient (Wildman–Crippen LogP) is 4.95. The van der Waals surface area contributed by atoms with Crippen LogP contribution in [0.25, 0.3) is 10.6 Å².